The minimum Gasteiger partial charge on any atom is -0.494 e. The van der Waals surface area contributed by atoms with E-state index in [0.29, 0.717) is 23.9 Å². The summed E-state index contributed by atoms with van der Waals surface area (Å²) in [5.74, 6) is 0.911. The molecule has 144 valence electrons. The molecule has 3 N–H and O–H groups in total. The summed E-state index contributed by atoms with van der Waals surface area (Å²) < 4.78 is 7.04. The molecule has 1 atom stereocenters. The van der Waals surface area contributed by atoms with Crippen molar-refractivity contribution < 1.29 is 9.53 Å². The van der Waals surface area contributed by atoms with Crippen molar-refractivity contribution in [3.63, 3.8) is 0 Å². The Labute approximate surface area is 161 Å². The van der Waals surface area contributed by atoms with Crippen LogP contribution in [0.25, 0.3) is 5.69 Å². The number of nitrogens with one attached hydrogen (secondary N) is 1. The maximum atomic E-state index is 12.6. The lowest BCUT2D eigenvalue weighted by atomic mass is 9.90. The third kappa shape index (κ3) is 5.22. The van der Waals surface area contributed by atoms with E-state index in [2.05, 4.69) is 24.3 Å². The van der Waals surface area contributed by atoms with Gasteiger partial charge in [0.1, 0.15) is 11.4 Å². The zero-order valence-electron chi connectivity index (χ0n) is 16.1. The first-order chi connectivity index (χ1) is 11.8. The van der Waals surface area contributed by atoms with Gasteiger partial charge in [0, 0.05) is 12.7 Å². The Balaban J connectivity index is 0.00000338. The fraction of sp³-hybridized carbons (Fsp3) is 0.474. The van der Waals surface area contributed by atoms with Crippen LogP contribution in [0.5, 0.6) is 5.75 Å². The van der Waals surface area contributed by atoms with Crippen molar-refractivity contribution >= 4 is 18.3 Å². The van der Waals surface area contributed by atoms with Gasteiger partial charge < -0.3 is 15.8 Å². The van der Waals surface area contributed by atoms with Gasteiger partial charge in [-0.05, 0) is 49.9 Å². The van der Waals surface area contributed by atoms with Crippen molar-refractivity contribution in [3.8, 4) is 11.4 Å². The second kappa shape index (κ2) is 9.05. The molecular weight excluding hydrogens is 352 g/mol. The summed E-state index contributed by atoms with van der Waals surface area (Å²) in [5.41, 5.74) is 7.67. The fourth-order valence-corrected chi connectivity index (χ4v) is 2.98. The number of carbonyl (C=O) groups is 1. The molecule has 0 fully saturated rings. The van der Waals surface area contributed by atoms with Gasteiger partial charge in [-0.1, -0.05) is 19.9 Å². The Morgan fingerprint density at radius 3 is 2.65 bits per heavy atom. The van der Waals surface area contributed by atoms with E-state index >= 15 is 0 Å². The Morgan fingerprint density at radius 1 is 1.38 bits per heavy atom. The standard InChI is InChI=1S/C19H28N4O2.ClH/c1-13(2)11-19(4,12-20)21-18(24)15-8-9-23(22-15)16-10-14(3)6-7-17(16)25-5;/h6-10,13H,11-12,20H2,1-5H3,(H,21,24);1H. The van der Waals surface area contributed by atoms with Crippen LogP contribution in [0.1, 0.15) is 43.2 Å². The topological polar surface area (TPSA) is 82.2 Å². The number of aryl methyl sites for hydroxylation is 1. The number of carbonyl (C=O) groups excluding carboxylic acids is 1. The number of amides is 1. The van der Waals surface area contributed by atoms with Crippen molar-refractivity contribution in [2.75, 3.05) is 13.7 Å². The highest BCUT2D eigenvalue weighted by molar-refractivity contribution is 5.92. The highest BCUT2D eigenvalue weighted by Crippen LogP contribution is 2.23. The number of halogens is 1. The lowest BCUT2D eigenvalue weighted by Gasteiger charge is -2.30. The Bertz CT molecular complexity index is 745. The number of aromatic nitrogens is 2. The number of methoxy groups -OCH3 is 1. The van der Waals surface area contributed by atoms with Crippen LogP contribution in [-0.2, 0) is 0 Å². The van der Waals surface area contributed by atoms with E-state index < -0.39 is 5.54 Å². The second-order valence-corrected chi connectivity index (χ2v) is 7.14. The quantitative estimate of drug-likeness (QED) is 0.773. The van der Waals surface area contributed by atoms with Crippen LogP contribution >= 0.6 is 12.4 Å². The maximum absolute atomic E-state index is 12.6. The van der Waals surface area contributed by atoms with Crippen LogP contribution in [0.3, 0.4) is 0 Å². The first kappa shape index (κ1) is 22.0. The molecule has 0 bridgehead atoms. The summed E-state index contributed by atoms with van der Waals surface area (Å²) in [7, 11) is 1.61. The average molecular weight is 381 g/mol. The van der Waals surface area contributed by atoms with Gasteiger partial charge in [0.05, 0.1) is 12.6 Å². The van der Waals surface area contributed by atoms with E-state index in [1.54, 1.807) is 24.1 Å². The second-order valence-electron chi connectivity index (χ2n) is 7.14. The third-order valence-electron chi connectivity index (χ3n) is 4.13. The van der Waals surface area contributed by atoms with E-state index in [1.807, 2.05) is 32.0 Å². The summed E-state index contributed by atoms with van der Waals surface area (Å²) >= 11 is 0. The SMILES string of the molecule is COc1ccc(C)cc1-n1ccc(C(=O)NC(C)(CN)CC(C)C)n1.Cl. The van der Waals surface area contributed by atoms with Crippen molar-refractivity contribution in [1.82, 2.24) is 15.1 Å². The summed E-state index contributed by atoms with van der Waals surface area (Å²) in [6, 6.07) is 7.53. The Hall–Kier alpha value is -2.05. The molecule has 1 aromatic carbocycles. The molecule has 2 aromatic rings. The van der Waals surface area contributed by atoms with Crippen molar-refractivity contribution in [2.45, 2.75) is 39.7 Å². The number of rotatable bonds is 7. The molecule has 0 aliphatic carbocycles. The largest absolute Gasteiger partial charge is 0.494 e. The van der Waals surface area contributed by atoms with Crippen LogP contribution in [0.4, 0.5) is 0 Å². The molecular formula is C19H29ClN4O2. The Kier molecular flexibility index (Phi) is 7.66. The minimum absolute atomic E-state index is 0. The number of ether oxygens (including phenoxy) is 1. The highest BCUT2D eigenvalue weighted by atomic mass is 35.5. The predicted molar refractivity (Wildman–Crippen MR) is 106 cm³/mol. The van der Waals surface area contributed by atoms with Crippen LogP contribution in [0, 0.1) is 12.8 Å². The smallest absolute Gasteiger partial charge is 0.272 e. The predicted octanol–water partition coefficient (Wildman–Crippen LogP) is 3.10. The van der Waals surface area contributed by atoms with Gasteiger partial charge >= 0.3 is 0 Å². The molecule has 1 aromatic heterocycles. The molecule has 0 spiro atoms. The molecule has 7 heteroatoms. The van der Waals surface area contributed by atoms with Crippen molar-refractivity contribution in [2.24, 2.45) is 11.7 Å². The van der Waals surface area contributed by atoms with Gasteiger partial charge in [0.2, 0.25) is 0 Å². The normalized spacial score (nSPS) is 13.0. The monoisotopic (exact) mass is 380 g/mol. The maximum Gasteiger partial charge on any atom is 0.272 e. The van der Waals surface area contributed by atoms with Crippen molar-refractivity contribution in [3.05, 3.63) is 41.7 Å². The molecule has 1 unspecified atom stereocenters. The lowest BCUT2D eigenvalue weighted by Crippen LogP contribution is -2.52. The van der Waals surface area contributed by atoms with Gasteiger partial charge in [-0.15, -0.1) is 12.4 Å². The molecule has 0 saturated carbocycles. The molecule has 1 amide bonds. The van der Waals surface area contributed by atoms with E-state index in [0.717, 1.165) is 17.7 Å². The number of nitrogens with two attached hydrogens (primary N) is 1. The van der Waals surface area contributed by atoms with Crippen LogP contribution in [-0.4, -0.2) is 34.9 Å². The third-order valence-corrected chi connectivity index (χ3v) is 4.13. The lowest BCUT2D eigenvalue weighted by molar-refractivity contribution is 0.0892. The molecule has 2 rings (SSSR count). The first-order valence-electron chi connectivity index (χ1n) is 8.51. The average Bonchev–Trinajstić information content (AvgIpc) is 3.04. The molecule has 0 radical (unpaired) electrons. The van der Waals surface area contributed by atoms with Gasteiger partial charge in [0.25, 0.3) is 5.91 Å². The molecule has 6 nitrogen and oxygen atoms in total. The molecule has 0 saturated heterocycles. The number of hydrogen-bond acceptors (Lipinski definition) is 4. The molecule has 0 aliphatic rings. The summed E-state index contributed by atoms with van der Waals surface area (Å²) in [6.07, 6.45) is 2.57. The molecule has 0 aliphatic heterocycles. The number of hydrogen-bond donors (Lipinski definition) is 2. The van der Waals surface area contributed by atoms with E-state index in [-0.39, 0.29) is 18.3 Å². The Morgan fingerprint density at radius 2 is 2.08 bits per heavy atom. The first-order valence-corrected chi connectivity index (χ1v) is 8.51. The number of benzene rings is 1. The highest BCUT2D eigenvalue weighted by Gasteiger charge is 2.27. The number of nitrogens with zero attached hydrogens (tertiary/aromatic N) is 2. The minimum atomic E-state index is -0.448. The fourth-order valence-electron chi connectivity index (χ4n) is 2.98. The summed E-state index contributed by atoms with van der Waals surface area (Å²) in [4.78, 5) is 12.6. The van der Waals surface area contributed by atoms with Gasteiger partial charge in [-0.2, -0.15) is 5.10 Å². The van der Waals surface area contributed by atoms with E-state index in [1.165, 1.54) is 0 Å². The van der Waals surface area contributed by atoms with Crippen LogP contribution < -0.4 is 15.8 Å². The van der Waals surface area contributed by atoms with Gasteiger partial charge in [-0.3, -0.25) is 4.79 Å². The summed E-state index contributed by atoms with van der Waals surface area (Å²) in [5, 5.41) is 7.44. The molecule has 26 heavy (non-hydrogen) atoms. The van der Waals surface area contributed by atoms with Gasteiger partial charge in [0.15, 0.2) is 5.69 Å². The van der Waals surface area contributed by atoms with Crippen LogP contribution in [0.2, 0.25) is 0 Å². The van der Waals surface area contributed by atoms with E-state index in [9.17, 15) is 4.79 Å². The molecule has 1 heterocycles. The zero-order chi connectivity index (χ0) is 18.6. The van der Waals surface area contributed by atoms with E-state index in [4.69, 9.17) is 10.5 Å². The van der Waals surface area contributed by atoms with Crippen LogP contribution in [0.15, 0.2) is 30.5 Å². The zero-order valence-corrected chi connectivity index (χ0v) is 16.9. The summed E-state index contributed by atoms with van der Waals surface area (Å²) in [6.45, 7) is 8.56. The van der Waals surface area contributed by atoms with Crippen molar-refractivity contribution in [1.29, 1.82) is 0 Å². The van der Waals surface area contributed by atoms with Gasteiger partial charge in [-0.25, -0.2) is 4.68 Å².